The molecule has 3 rings (SSSR count). The number of nitrogens with zero attached hydrogens (tertiary/aromatic N) is 3. The molecule has 3 amide bonds. The molecule has 1 aromatic rings. The summed E-state index contributed by atoms with van der Waals surface area (Å²) in [6, 6.07) is 1.32. The summed E-state index contributed by atoms with van der Waals surface area (Å²) in [7, 11) is 0. The maximum absolute atomic E-state index is 12.5. The third-order valence-electron chi connectivity index (χ3n) is 4.05. The Bertz CT molecular complexity index is 596. The number of nitrogens with one attached hydrogen (secondary N) is 2. The summed E-state index contributed by atoms with van der Waals surface area (Å²) in [5.74, 6) is 6.02. The molecule has 0 aromatic carbocycles. The largest absolute Gasteiger partial charge is 0.325 e. The number of amides is 3. The van der Waals surface area contributed by atoms with Crippen molar-refractivity contribution in [2.45, 2.75) is 44.7 Å². The van der Waals surface area contributed by atoms with Gasteiger partial charge in [0, 0.05) is 11.8 Å². The summed E-state index contributed by atoms with van der Waals surface area (Å²) in [5.41, 5.74) is 2.47. The van der Waals surface area contributed by atoms with Crippen LogP contribution in [0.25, 0.3) is 0 Å². The molecule has 2 aliphatic rings. The lowest BCUT2D eigenvalue weighted by Gasteiger charge is -2.19. The summed E-state index contributed by atoms with van der Waals surface area (Å²) < 4.78 is 0. The van der Waals surface area contributed by atoms with Crippen LogP contribution in [0.1, 0.15) is 37.2 Å². The van der Waals surface area contributed by atoms with Gasteiger partial charge in [0.05, 0.1) is 6.54 Å². The van der Waals surface area contributed by atoms with E-state index in [-0.39, 0.29) is 18.5 Å². The first-order chi connectivity index (χ1) is 10.0. The van der Waals surface area contributed by atoms with Gasteiger partial charge in [0.15, 0.2) is 5.82 Å². The summed E-state index contributed by atoms with van der Waals surface area (Å²) in [4.78, 5) is 34.2. The lowest BCUT2D eigenvalue weighted by molar-refractivity contribution is -0.131. The van der Waals surface area contributed by atoms with Gasteiger partial charge in [-0.2, -0.15) is 0 Å². The molecule has 2 fully saturated rings. The number of hydrazine groups is 1. The molecule has 21 heavy (non-hydrogen) atoms. The first-order valence-electron chi connectivity index (χ1n) is 6.99. The summed E-state index contributed by atoms with van der Waals surface area (Å²) >= 11 is 0. The molecule has 1 saturated carbocycles. The van der Waals surface area contributed by atoms with Gasteiger partial charge in [-0.1, -0.05) is 12.8 Å². The van der Waals surface area contributed by atoms with Crippen LogP contribution in [0.3, 0.4) is 0 Å². The van der Waals surface area contributed by atoms with Crippen molar-refractivity contribution >= 4 is 17.8 Å². The topological polar surface area (TPSA) is 113 Å². The number of nitrogens with two attached hydrogens (primary N) is 1. The van der Waals surface area contributed by atoms with Crippen LogP contribution in [0, 0.1) is 6.92 Å². The summed E-state index contributed by atoms with van der Waals surface area (Å²) in [6.45, 7) is 1.86. The second-order valence-electron chi connectivity index (χ2n) is 5.57. The van der Waals surface area contributed by atoms with E-state index in [1.165, 1.54) is 4.90 Å². The van der Waals surface area contributed by atoms with Gasteiger partial charge in [-0.05, 0) is 19.8 Å². The van der Waals surface area contributed by atoms with E-state index in [0.29, 0.717) is 24.5 Å². The second-order valence-corrected chi connectivity index (χ2v) is 5.57. The second kappa shape index (κ2) is 4.96. The number of nitrogen functional groups attached to an aromatic ring is 1. The van der Waals surface area contributed by atoms with Gasteiger partial charge in [0.25, 0.3) is 5.91 Å². The van der Waals surface area contributed by atoms with Crippen molar-refractivity contribution in [3.05, 3.63) is 17.6 Å². The van der Waals surface area contributed by atoms with Crippen molar-refractivity contribution in [3.8, 4) is 0 Å². The van der Waals surface area contributed by atoms with Gasteiger partial charge < -0.3 is 10.7 Å². The average molecular weight is 290 g/mol. The zero-order valence-corrected chi connectivity index (χ0v) is 11.8. The zero-order valence-electron chi connectivity index (χ0n) is 11.8. The molecule has 1 aliphatic carbocycles. The number of carbonyl (C=O) groups excluding carboxylic acids is 2. The van der Waals surface area contributed by atoms with Crippen molar-refractivity contribution < 1.29 is 9.59 Å². The predicted molar refractivity (Wildman–Crippen MR) is 74.9 cm³/mol. The molecule has 8 heteroatoms. The standard InChI is InChI=1S/C13H18N6O2/c1-8-6-9(18-14)16-10(15-8)7-19-11(20)13(17-12(19)21)4-2-3-5-13/h6H,2-5,7,14H2,1H3,(H,17,21)(H,15,16,18). The molecular formula is C13H18N6O2. The molecule has 4 N–H and O–H groups in total. The van der Waals surface area contributed by atoms with Gasteiger partial charge in [-0.15, -0.1) is 0 Å². The molecular weight excluding hydrogens is 272 g/mol. The number of urea groups is 1. The average Bonchev–Trinajstić information content (AvgIpc) is 3.00. The number of hydrogen-bond acceptors (Lipinski definition) is 6. The molecule has 0 radical (unpaired) electrons. The summed E-state index contributed by atoms with van der Waals surface area (Å²) in [6.07, 6.45) is 3.33. The molecule has 8 nitrogen and oxygen atoms in total. The third kappa shape index (κ3) is 2.31. The highest BCUT2D eigenvalue weighted by atomic mass is 16.2. The number of aryl methyl sites for hydroxylation is 1. The lowest BCUT2D eigenvalue weighted by Crippen LogP contribution is -2.44. The van der Waals surface area contributed by atoms with Crippen LogP contribution in [-0.2, 0) is 11.3 Å². The quantitative estimate of drug-likeness (QED) is 0.423. The Morgan fingerprint density at radius 2 is 2.10 bits per heavy atom. The van der Waals surface area contributed by atoms with Crippen LogP contribution >= 0.6 is 0 Å². The minimum absolute atomic E-state index is 0.0583. The maximum atomic E-state index is 12.5. The van der Waals surface area contributed by atoms with E-state index in [9.17, 15) is 9.59 Å². The molecule has 1 spiro atoms. The number of hydrogen-bond donors (Lipinski definition) is 3. The Hall–Kier alpha value is -2.22. The number of rotatable bonds is 3. The van der Waals surface area contributed by atoms with Crippen LogP contribution in [0.2, 0.25) is 0 Å². The number of carbonyl (C=O) groups is 2. The van der Waals surface area contributed by atoms with Crippen molar-refractivity contribution in [1.29, 1.82) is 0 Å². The highest BCUT2D eigenvalue weighted by Crippen LogP contribution is 2.35. The van der Waals surface area contributed by atoms with E-state index in [1.54, 1.807) is 13.0 Å². The lowest BCUT2D eigenvalue weighted by atomic mass is 9.98. The minimum Gasteiger partial charge on any atom is -0.323 e. The number of imide groups is 1. The first-order valence-corrected chi connectivity index (χ1v) is 6.99. The maximum Gasteiger partial charge on any atom is 0.325 e. The van der Waals surface area contributed by atoms with Crippen LogP contribution in [0.4, 0.5) is 10.6 Å². The number of anilines is 1. The fraction of sp³-hybridized carbons (Fsp3) is 0.538. The van der Waals surface area contributed by atoms with E-state index < -0.39 is 5.54 Å². The normalized spacial score (nSPS) is 20.2. The van der Waals surface area contributed by atoms with Crippen LogP contribution in [0.5, 0.6) is 0 Å². The van der Waals surface area contributed by atoms with Crippen molar-refractivity contribution in [2.24, 2.45) is 5.84 Å². The molecule has 1 saturated heterocycles. The molecule has 0 unspecified atom stereocenters. The smallest absolute Gasteiger partial charge is 0.323 e. The van der Waals surface area contributed by atoms with E-state index in [4.69, 9.17) is 5.84 Å². The Morgan fingerprint density at radius 3 is 2.76 bits per heavy atom. The van der Waals surface area contributed by atoms with Gasteiger partial charge in [0.2, 0.25) is 0 Å². The molecule has 112 valence electrons. The minimum atomic E-state index is -0.699. The van der Waals surface area contributed by atoms with E-state index >= 15 is 0 Å². The van der Waals surface area contributed by atoms with Crippen molar-refractivity contribution in [2.75, 3.05) is 5.43 Å². The molecule has 0 atom stereocenters. The molecule has 1 aromatic heterocycles. The van der Waals surface area contributed by atoms with E-state index in [1.807, 2.05) is 0 Å². The van der Waals surface area contributed by atoms with Crippen LogP contribution < -0.4 is 16.6 Å². The van der Waals surface area contributed by atoms with Gasteiger partial charge in [-0.3, -0.25) is 9.69 Å². The SMILES string of the molecule is Cc1cc(NN)nc(CN2C(=O)NC3(CCCC3)C2=O)n1. The Morgan fingerprint density at radius 1 is 1.38 bits per heavy atom. The molecule has 1 aliphatic heterocycles. The van der Waals surface area contributed by atoms with Crippen LogP contribution in [-0.4, -0.2) is 32.3 Å². The Labute approximate surface area is 122 Å². The monoisotopic (exact) mass is 290 g/mol. The summed E-state index contributed by atoms with van der Waals surface area (Å²) in [5, 5.41) is 2.83. The van der Waals surface area contributed by atoms with Crippen molar-refractivity contribution in [3.63, 3.8) is 0 Å². The van der Waals surface area contributed by atoms with Gasteiger partial charge in [-0.25, -0.2) is 20.6 Å². The highest BCUT2D eigenvalue weighted by molar-refractivity contribution is 6.07. The number of aromatic nitrogens is 2. The zero-order chi connectivity index (χ0) is 15.0. The van der Waals surface area contributed by atoms with Crippen LogP contribution in [0.15, 0.2) is 6.07 Å². The van der Waals surface area contributed by atoms with Gasteiger partial charge in [0.1, 0.15) is 11.4 Å². The first kappa shape index (κ1) is 13.7. The van der Waals surface area contributed by atoms with E-state index in [0.717, 1.165) is 18.5 Å². The Kier molecular flexibility index (Phi) is 3.25. The fourth-order valence-corrected chi connectivity index (χ4v) is 3.05. The highest BCUT2D eigenvalue weighted by Gasteiger charge is 2.52. The Balaban J connectivity index is 1.83. The van der Waals surface area contributed by atoms with Crippen molar-refractivity contribution in [1.82, 2.24) is 20.2 Å². The molecule has 2 heterocycles. The fourth-order valence-electron chi connectivity index (χ4n) is 3.05. The van der Waals surface area contributed by atoms with E-state index in [2.05, 4.69) is 20.7 Å². The molecule has 0 bridgehead atoms. The predicted octanol–water partition coefficient (Wildman–Crippen LogP) is 0.435. The van der Waals surface area contributed by atoms with Gasteiger partial charge >= 0.3 is 6.03 Å². The third-order valence-corrected chi connectivity index (χ3v) is 4.05.